The number of amides is 2. The van der Waals surface area contributed by atoms with Gasteiger partial charge in [0.2, 0.25) is 0 Å². The molecule has 0 bridgehead atoms. The molecular formula is C17H20N2O3. The average molecular weight is 300 g/mol. The molecule has 1 atom stereocenters. The number of nitrogens with one attached hydrogen (secondary N) is 1. The molecule has 0 aliphatic carbocycles. The van der Waals surface area contributed by atoms with Crippen LogP contribution in [0, 0.1) is 0 Å². The summed E-state index contributed by atoms with van der Waals surface area (Å²) in [5.74, 6) is -0.0300. The van der Waals surface area contributed by atoms with Crippen LogP contribution >= 0.6 is 0 Å². The van der Waals surface area contributed by atoms with Gasteiger partial charge in [-0.05, 0) is 50.3 Å². The van der Waals surface area contributed by atoms with Crippen molar-refractivity contribution in [3.63, 3.8) is 0 Å². The van der Waals surface area contributed by atoms with E-state index in [0.717, 1.165) is 43.6 Å². The van der Waals surface area contributed by atoms with Crippen molar-refractivity contribution in [2.24, 2.45) is 0 Å². The maximum Gasteiger partial charge on any atom is 0.261 e. The zero-order chi connectivity index (χ0) is 15.2. The third-order valence-corrected chi connectivity index (χ3v) is 4.98. The number of rotatable bonds is 1. The third-order valence-electron chi connectivity index (χ3n) is 4.98. The molecule has 0 saturated carbocycles. The van der Waals surface area contributed by atoms with Gasteiger partial charge in [0.25, 0.3) is 11.8 Å². The van der Waals surface area contributed by atoms with Crippen molar-refractivity contribution in [3.05, 3.63) is 29.3 Å². The van der Waals surface area contributed by atoms with E-state index < -0.39 is 5.60 Å². The van der Waals surface area contributed by atoms with Crippen molar-refractivity contribution in [3.8, 4) is 0 Å². The second-order valence-corrected chi connectivity index (χ2v) is 6.35. The van der Waals surface area contributed by atoms with Crippen LogP contribution in [0.3, 0.4) is 0 Å². The van der Waals surface area contributed by atoms with Gasteiger partial charge in [-0.1, -0.05) is 0 Å². The van der Waals surface area contributed by atoms with Crippen molar-refractivity contribution < 1.29 is 14.3 Å². The highest BCUT2D eigenvalue weighted by Crippen LogP contribution is 2.45. The van der Waals surface area contributed by atoms with Crippen LogP contribution in [-0.4, -0.2) is 36.4 Å². The van der Waals surface area contributed by atoms with Crippen molar-refractivity contribution in [2.45, 2.75) is 37.7 Å². The summed E-state index contributed by atoms with van der Waals surface area (Å²) < 4.78 is 5.78. The van der Waals surface area contributed by atoms with Gasteiger partial charge in [0.15, 0.2) is 5.60 Å². The fourth-order valence-corrected chi connectivity index (χ4v) is 3.78. The highest BCUT2D eigenvalue weighted by Gasteiger charge is 2.50. The van der Waals surface area contributed by atoms with Crippen LogP contribution in [-0.2, 0) is 15.1 Å². The third kappa shape index (κ3) is 1.96. The predicted molar refractivity (Wildman–Crippen MR) is 81.7 cm³/mol. The minimum absolute atomic E-state index is 0.0648. The summed E-state index contributed by atoms with van der Waals surface area (Å²) in [6.45, 7) is 2.25. The quantitative estimate of drug-likeness (QED) is 0.865. The van der Waals surface area contributed by atoms with Gasteiger partial charge in [0.1, 0.15) is 0 Å². The Morgan fingerprint density at radius 1 is 1.18 bits per heavy atom. The molecule has 5 nitrogen and oxygen atoms in total. The van der Waals surface area contributed by atoms with Crippen molar-refractivity contribution in [2.75, 3.05) is 25.0 Å². The number of anilines is 1. The maximum absolute atomic E-state index is 12.7. The lowest BCUT2D eigenvalue weighted by Crippen LogP contribution is -2.36. The molecule has 2 fully saturated rings. The van der Waals surface area contributed by atoms with E-state index in [0.29, 0.717) is 18.6 Å². The number of hydrogen-bond donors (Lipinski definition) is 1. The molecule has 0 radical (unpaired) electrons. The molecule has 4 rings (SSSR count). The maximum atomic E-state index is 12.7. The minimum Gasteiger partial charge on any atom is -0.360 e. The molecule has 3 aliphatic heterocycles. The highest BCUT2D eigenvalue weighted by atomic mass is 16.5. The Morgan fingerprint density at radius 3 is 2.73 bits per heavy atom. The highest BCUT2D eigenvalue weighted by molar-refractivity contribution is 6.06. The van der Waals surface area contributed by atoms with E-state index in [1.807, 2.05) is 23.1 Å². The lowest BCUT2D eigenvalue weighted by atomic mass is 9.91. The number of carbonyl (C=O) groups is 2. The minimum atomic E-state index is -0.868. The topological polar surface area (TPSA) is 58.6 Å². The Morgan fingerprint density at radius 2 is 2.00 bits per heavy atom. The van der Waals surface area contributed by atoms with E-state index in [-0.39, 0.29) is 11.8 Å². The molecule has 1 N–H and O–H groups in total. The number of carbonyl (C=O) groups excluding carboxylic acids is 2. The average Bonchev–Trinajstić information content (AvgIpc) is 3.15. The van der Waals surface area contributed by atoms with Crippen LogP contribution in [0.4, 0.5) is 5.69 Å². The Labute approximate surface area is 129 Å². The molecule has 3 aliphatic rings. The van der Waals surface area contributed by atoms with E-state index in [2.05, 4.69) is 5.32 Å². The lowest BCUT2D eigenvalue weighted by Gasteiger charge is -2.27. The van der Waals surface area contributed by atoms with Crippen LogP contribution in [0.2, 0.25) is 0 Å². The van der Waals surface area contributed by atoms with Gasteiger partial charge in [0, 0.05) is 36.5 Å². The summed E-state index contributed by atoms with van der Waals surface area (Å²) in [6.07, 6.45) is 4.90. The van der Waals surface area contributed by atoms with Crippen molar-refractivity contribution in [1.29, 1.82) is 0 Å². The number of piperidine rings is 1. The van der Waals surface area contributed by atoms with E-state index in [9.17, 15) is 9.59 Å². The van der Waals surface area contributed by atoms with E-state index in [1.54, 1.807) is 0 Å². The Hall–Kier alpha value is -1.88. The van der Waals surface area contributed by atoms with E-state index in [1.165, 1.54) is 6.42 Å². The number of hydrogen-bond acceptors (Lipinski definition) is 3. The first kappa shape index (κ1) is 13.8. The summed E-state index contributed by atoms with van der Waals surface area (Å²) in [6, 6.07) is 5.50. The van der Waals surface area contributed by atoms with Crippen LogP contribution < -0.4 is 5.32 Å². The normalized spacial score (nSPS) is 27.1. The molecule has 22 heavy (non-hydrogen) atoms. The van der Waals surface area contributed by atoms with Crippen LogP contribution in [0.15, 0.2) is 18.2 Å². The monoisotopic (exact) mass is 300 g/mol. The second-order valence-electron chi connectivity index (χ2n) is 6.35. The Balaban J connectivity index is 1.68. The zero-order valence-corrected chi connectivity index (χ0v) is 12.6. The van der Waals surface area contributed by atoms with Gasteiger partial charge in [-0.2, -0.15) is 0 Å². The Kier molecular flexibility index (Phi) is 3.18. The molecule has 1 aromatic rings. The van der Waals surface area contributed by atoms with Gasteiger partial charge in [-0.3, -0.25) is 9.59 Å². The molecule has 5 heteroatoms. The molecule has 116 valence electrons. The predicted octanol–water partition coefficient (Wildman–Crippen LogP) is 2.27. The molecular weight excluding hydrogens is 280 g/mol. The van der Waals surface area contributed by atoms with Gasteiger partial charge >= 0.3 is 0 Å². The van der Waals surface area contributed by atoms with Gasteiger partial charge in [-0.25, -0.2) is 0 Å². The molecule has 3 heterocycles. The number of likely N-dealkylation sites (tertiary alicyclic amines) is 1. The first-order valence-corrected chi connectivity index (χ1v) is 8.10. The summed E-state index contributed by atoms with van der Waals surface area (Å²) in [7, 11) is 0. The number of nitrogens with zero attached hydrogens (tertiary/aromatic N) is 1. The smallest absolute Gasteiger partial charge is 0.261 e. The summed E-state index contributed by atoms with van der Waals surface area (Å²) in [5, 5.41) is 2.89. The molecule has 0 aromatic heterocycles. The molecule has 2 saturated heterocycles. The summed E-state index contributed by atoms with van der Waals surface area (Å²) in [4.78, 5) is 26.9. The lowest BCUT2D eigenvalue weighted by molar-refractivity contribution is -0.135. The van der Waals surface area contributed by atoms with E-state index >= 15 is 0 Å². The summed E-state index contributed by atoms with van der Waals surface area (Å²) in [5.41, 5.74) is 1.40. The fraction of sp³-hybridized carbons (Fsp3) is 0.529. The SMILES string of the molecule is O=C(c1ccc2c(c1)C1(CCCO1)C(=O)N2)N1CCCCC1. The largest absolute Gasteiger partial charge is 0.360 e. The van der Waals surface area contributed by atoms with E-state index in [4.69, 9.17) is 4.74 Å². The number of fused-ring (bicyclic) bond motifs is 2. The standard InChI is InChI=1S/C17H20N2O3/c20-15(19-8-2-1-3-9-19)12-5-6-14-13(11-12)17(16(21)18-14)7-4-10-22-17/h5-6,11H,1-4,7-10H2,(H,18,21). The van der Waals surface area contributed by atoms with Gasteiger partial charge < -0.3 is 15.0 Å². The number of benzene rings is 1. The van der Waals surface area contributed by atoms with Crippen molar-refractivity contribution in [1.82, 2.24) is 4.90 Å². The molecule has 2 amide bonds. The van der Waals surface area contributed by atoms with Gasteiger partial charge in [0.05, 0.1) is 0 Å². The summed E-state index contributed by atoms with van der Waals surface area (Å²) >= 11 is 0. The molecule has 1 aromatic carbocycles. The first-order chi connectivity index (χ1) is 10.7. The van der Waals surface area contributed by atoms with Gasteiger partial charge in [-0.15, -0.1) is 0 Å². The molecule has 1 spiro atoms. The second kappa shape index (κ2) is 5.09. The molecule has 1 unspecified atom stereocenters. The van der Waals surface area contributed by atoms with Crippen LogP contribution in [0.1, 0.15) is 48.0 Å². The van der Waals surface area contributed by atoms with Crippen LogP contribution in [0.25, 0.3) is 0 Å². The van der Waals surface area contributed by atoms with Crippen molar-refractivity contribution >= 4 is 17.5 Å². The zero-order valence-electron chi connectivity index (χ0n) is 12.6. The number of ether oxygens (including phenoxy) is 1. The fourth-order valence-electron chi connectivity index (χ4n) is 3.78. The van der Waals surface area contributed by atoms with Crippen LogP contribution in [0.5, 0.6) is 0 Å². The Bertz CT molecular complexity index is 629. The first-order valence-electron chi connectivity index (χ1n) is 8.10.